The van der Waals surface area contributed by atoms with Crippen LogP contribution in [0.2, 0.25) is 0 Å². The number of amides is 2. The second-order valence-corrected chi connectivity index (χ2v) is 19.5. The van der Waals surface area contributed by atoms with Crippen molar-refractivity contribution in [3.63, 3.8) is 0 Å². The summed E-state index contributed by atoms with van der Waals surface area (Å²) in [4.78, 5) is 87.8. The van der Waals surface area contributed by atoms with Gasteiger partial charge >= 0.3 is 23.5 Å². The van der Waals surface area contributed by atoms with Crippen LogP contribution >= 0.6 is 35.2 Å². The molecule has 0 aromatic carbocycles. The van der Waals surface area contributed by atoms with Gasteiger partial charge in [0.25, 0.3) is 0 Å². The predicted molar refractivity (Wildman–Crippen MR) is 219 cm³/mol. The molecule has 2 unspecified atom stereocenters. The van der Waals surface area contributed by atoms with Crippen LogP contribution in [0, 0.1) is 5.41 Å². The number of ether oxygens (including phenoxy) is 1. The van der Waals surface area contributed by atoms with Crippen LogP contribution in [0.3, 0.4) is 0 Å². The number of carbonyl (C=O) groups is 3. The molecule has 2 amide bonds. The minimum absolute atomic E-state index is 0.0305. The summed E-state index contributed by atoms with van der Waals surface area (Å²) in [6.07, 6.45) is 6.84. The predicted octanol–water partition coefficient (Wildman–Crippen LogP) is 2.14. The maximum atomic E-state index is 12.7. The summed E-state index contributed by atoms with van der Waals surface area (Å²) in [5.74, 6) is -1.13. The Hall–Kier alpha value is -2.96. The molecule has 61 heavy (non-hydrogen) atoms. The van der Waals surface area contributed by atoms with Gasteiger partial charge in [-0.15, -0.1) is 0 Å². The number of phosphoric acid groups is 3. The summed E-state index contributed by atoms with van der Waals surface area (Å²) >= 11 is 1.04. The van der Waals surface area contributed by atoms with Gasteiger partial charge in [0.15, 0.2) is 17.7 Å². The fourth-order valence-electron chi connectivity index (χ4n) is 5.45. The molecule has 344 valence electrons. The van der Waals surface area contributed by atoms with E-state index in [0.717, 1.165) is 48.2 Å². The van der Waals surface area contributed by atoms with Crippen molar-refractivity contribution in [3.05, 3.63) is 37.0 Å². The van der Waals surface area contributed by atoms with Gasteiger partial charge in [-0.25, -0.2) is 28.6 Å². The summed E-state index contributed by atoms with van der Waals surface area (Å²) in [5, 5.41) is 26.3. The first-order chi connectivity index (χ1) is 28.6. The van der Waals surface area contributed by atoms with Crippen molar-refractivity contribution in [2.24, 2.45) is 5.41 Å². The molecule has 28 heteroatoms. The smallest absolute Gasteiger partial charge is 0.386 e. The number of aromatic nitrogens is 4. The number of phosphoric ester groups is 3. The first-order valence-corrected chi connectivity index (χ1v) is 24.4. The number of nitrogens with zero attached hydrogens (tertiary/aromatic N) is 4. The third kappa shape index (κ3) is 18.0. The number of fused-ring (bicyclic) bond motifs is 1. The van der Waals surface area contributed by atoms with Crippen LogP contribution in [0.1, 0.15) is 71.9 Å². The zero-order valence-electron chi connectivity index (χ0n) is 33.6. The number of nitrogens with one attached hydrogen (secondary N) is 2. The Morgan fingerprint density at radius 1 is 1.00 bits per heavy atom. The molecule has 1 aliphatic rings. The van der Waals surface area contributed by atoms with E-state index in [2.05, 4.69) is 53.5 Å². The lowest BCUT2D eigenvalue weighted by molar-refractivity contribution is -0.137. The molecule has 1 saturated heterocycles. The number of anilines is 1. The number of nitrogen functional groups attached to an aromatic ring is 1. The van der Waals surface area contributed by atoms with Gasteiger partial charge in [-0.2, -0.15) is 4.31 Å². The number of hydrogen-bond acceptors (Lipinski definition) is 18. The normalized spacial score (nSPS) is 21.1. The highest BCUT2D eigenvalue weighted by molar-refractivity contribution is 8.14. The third-order valence-electron chi connectivity index (χ3n) is 8.64. The Morgan fingerprint density at radius 2 is 1.69 bits per heavy atom. The van der Waals surface area contributed by atoms with Crippen molar-refractivity contribution in [2.75, 3.05) is 37.8 Å². The summed E-state index contributed by atoms with van der Waals surface area (Å²) in [6.45, 7) is 2.64. The molecule has 2 aromatic heterocycles. The topological polar surface area (TPSA) is 364 Å². The summed E-state index contributed by atoms with van der Waals surface area (Å²) in [6, 6.07) is 0. The molecule has 0 saturated carbocycles. The van der Waals surface area contributed by atoms with Gasteiger partial charge in [-0.3, -0.25) is 32.5 Å². The zero-order valence-corrected chi connectivity index (χ0v) is 37.1. The zero-order chi connectivity index (χ0) is 45.4. The van der Waals surface area contributed by atoms with E-state index in [0.29, 0.717) is 5.75 Å². The Labute approximate surface area is 355 Å². The number of aliphatic hydroxyl groups is 2. The number of allylic oxidation sites excluding steroid dienone is 3. The molecule has 0 spiro atoms. The Morgan fingerprint density at radius 3 is 2.39 bits per heavy atom. The van der Waals surface area contributed by atoms with Crippen molar-refractivity contribution < 1.29 is 80.5 Å². The van der Waals surface area contributed by atoms with Crippen LogP contribution < -0.4 is 16.4 Å². The number of nitrogens with two attached hydrogens (primary N) is 1. The van der Waals surface area contributed by atoms with E-state index in [1.54, 1.807) is 6.08 Å². The van der Waals surface area contributed by atoms with E-state index in [-0.39, 0.29) is 41.6 Å². The fraction of sp³-hybridized carbons (Fsp3) is 0.636. The van der Waals surface area contributed by atoms with E-state index >= 15 is 0 Å². The first kappa shape index (κ1) is 52.4. The van der Waals surface area contributed by atoms with Gasteiger partial charge in [-0.1, -0.05) is 63.6 Å². The highest BCUT2D eigenvalue weighted by Crippen LogP contribution is 2.61. The second kappa shape index (κ2) is 24.2. The van der Waals surface area contributed by atoms with Crippen LogP contribution in [0.25, 0.3) is 11.2 Å². The summed E-state index contributed by atoms with van der Waals surface area (Å²) in [7, 11) is -16.4. The molecule has 1 fully saturated rings. The minimum Gasteiger partial charge on any atom is -0.386 e. The maximum Gasteiger partial charge on any atom is 0.481 e. The quantitative estimate of drug-likeness (QED) is 0.0268. The average molecular weight is 946 g/mol. The molecule has 10 N–H and O–H groups in total. The molecule has 3 heterocycles. The van der Waals surface area contributed by atoms with Crippen LogP contribution in [0.15, 0.2) is 37.0 Å². The fourth-order valence-corrected chi connectivity index (χ4v) is 8.88. The Bertz CT molecular complexity index is 1980. The lowest BCUT2D eigenvalue weighted by atomic mass is 9.87. The average Bonchev–Trinajstić information content (AvgIpc) is 3.73. The SMILES string of the molecule is CCCCCC=CCCC=CC(=O)SCCNC(=O)CCNC(=O)[C@H](O)C(C)(C)COP(=O)(O)OP(=O)(O)OC[C@H]1O[C@@H](n2cnc3c(N)ncnc32)[C@H](O)[C@@H]1OP(=O)(O)O. The second-order valence-electron chi connectivity index (χ2n) is 14.2. The number of thioether (sulfide) groups is 1. The monoisotopic (exact) mass is 945 g/mol. The molecule has 0 aliphatic carbocycles. The van der Waals surface area contributed by atoms with Crippen LogP contribution in [0.5, 0.6) is 0 Å². The highest BCUT2D eigenvalue weighted by Gasteiger charge is 2.50. The van der Waals surface area contributed by atoms with Crippen molar-refractivity contribution in [2.45, 2.75) is 96.4 Å². The molecule has 24 nitrogen and oxygen atoms in total. The van der Waals surface area contributed by atoms with Gasteiger partial charge in [0.05, 0.1) is 19.5 Å². The van der Waals surface area contributed by atoms with Crippen LogP contribution in [-0.2, 0) is 50.7 Å². The largest absolute Gasteiger partial charge is 0.481 e. The van der Waals surface area contributed by atoms with E-state index in [4.69, 9.17) is 19.5 Å². The van der Waals surface area contributed by atoms with E-state index in [9.17, 15) is 57.9 Å². The summed E-state index contributed by atoms with van der Waals surface area (Å²) in [5.41, 5.74) is 4.27. The number of hydrogen-bond donors (Lipinski definition) is 9. The van der Waals surface area contributed by atoms with Crippen LogP contribution in [-0.4, -0.2) is 123 Å². The van der Waals surface area contributed by atoms with E-state index in [1.165, 1.54) is 39.2 Å². The molecule has 2 aromatic rings. The molecular formula is C33H54N7O17P3S. The minimum atomic E-state index is -5.57. The van der Waals surface area contributed by atoms with E-state index in [1.807, 2.05) is 0 Å². The molecular weight excluding hydrogens is 891 g/mol. The number of imidazole rings is 1. The molecule has 3 rings (SSSR count). The standard InChI is InChI=1S/C33H54N7O17P3S/c1-4-5-6-7-8-9-10-11-12-13-24(42)61-17-16-35-23(41)14-15-36-31(45)28(44)33(2,3)19-54-60(51,52)57-59(49,50)53-18-22-27(56-58(46,47)48)26(43)32(55-22)40-21-39-25-29(34)37-20-38-30(25)40/h8-9,12-13,20-22,26-28,32,43-44H,4-7,10-11,14-19H2,1-3H3,(H,35,41)(H,36,45)(H,49,50)(H,51,52)(H2,34,37,38)(H2,46,47,48)/t22-,26-,27-,28+,32-/m1/s1. The van der Waals surface area contributed by atoms with Crippen molar-refractivity contribution >= 4 is 69.1 Å². The lowest BCUT2D eigenvalue weighted by Crippen LogP contribution is -2.46. The molecule has 0 bridgehead atoms. The number of rotatable bonds is 27. The molecule has 1 aliphatic heterocycles. The maximum absolute atomic E-state index is 12.7. The summed E-state index contributed by atoms with van der Waals surface area (Å²) < 4.78 is 62.2. The first-order valence-electron chi connectivity index (χ1n) is 18.9. The number of aliphatic hydroxyl groups excluding tert-OH is 2. The lowest BCUT2D eigenvalue weighted by Gasteiger charge is -2.30. The van der Waals surface area contributed by atoms with Gasteiger partial charge in [0.1, 0.15) is 36.3 Å². The highest BCUT2D eigenvalue weighted by atomic mass is 32.2. The number of carbonyl (C=O) groups excluding carboxylic acids is 3. The Kier molecular flexibility index (Phi) is 20.8. The third-order valence-corrected chi connectivity index (χ3v) is 12.6. The van der Waals surface area contributed by atoms with Crippen molar-refractivity contribution in [1.29, 1.82) is 0 Å². The van der Waals surface area contributed by atoms with Gasteiger partial charge in [0.2, 0.25) is 16.9 Å². The Balaban J connectivity index is 1.41. The van der Waals surface area contributed by atoms with Gasteiger partial charge < -0.3 is 50.9 Å². The van der Waals surface area contributed by atoms with Gasteiger partial charge in [0, 0.05) is 30.7 Å². The van der Waals surface area contributed by atoms with Crippen LogP contribution in [0.4, 0.5) is 5.82 Å². The molecule has 7 atom stereocenters. The van der Waals surface area contributed by atoms with E-state index < -0.39 is 84.6 Å². The van der Waals surface area contributed by atoms with Crippen molar-refractivity contribution in [1.82, 2.24) is 30.2 Å². The van der Waals surface area contributed by atoms with Gasteiger partial charge in [-0.05, 0) is 31.8 Å². The molecule has 0 radical (unpaired) electrons. The number of unbranched alkanes of at least 4 members (excludes halogenated alkanes) is 4. The van der Waals surface area contributed by atoms with Crippen molar-refractivity contribution in [3.8, 4) is 0 Å².